The van der Waals surface area contributed by atoms with Crippen molar-refractivity contribution in [2.24, 2.45) is 0 Å². The fourth-order valence-corrected chi connectivity index (χ4v) is 1.98. The number of carbonyl (C=O) groups excluding carboxylic acids is 1. The first kappa shape index (κ1) is 13.0. The van der Waals surface area contributed by atoms with Crippen LogP contribution in [-0.2, 0) is 17.7 Å². The van der Waals surface area contributed by atoms with Gasteiger partial charge < -0.3 is 0 Å². The van der Waals surface area contributed by atoms with Crippen molar-refractivity contribution < 1.29 is 9.00 Å². The van der Waals surface area contributed by atoms with Crippen molar-refractivity contribution in [2.45, 2.75) is 13.5 Å². The second kappa shape index (κ2) is 6.52. The maximum atomic E-state index is 11.5. The van der Waals surface area contributed by atoms with Crippen molar-refractivity contribution in [3.63, 3.8) is 0 Å². The van der Waals surface area contributed by atoms with Gasteiger partial charge in [-0.1, -0.05) is 31.2 Å². The molecule has 5 heteroatoms. The van der Waals surface area contributed by atoms with Gasteiger partial charge in [0.1, 0.15) is 6.29 Å². The van der Waals surface area contributed by atoms with Crippen molar-refractivity contribution in [3.05, 3.63) is 35.4 Å². The lowest BCUT2D eigenvalue weighted by molar-refractivity contribution is 0.112. The first-order valence-electron chi connectivity index (χ1n) is 5.08. The van der Waals surface area contributed by atoms with E-state index < -0.39 is 11.2 Å². The Bertz CT molecular complexity index is 365. The minimum Gasteiger partial charge on any atom is -0.298 e. The Kier molecular flexibility index (Phi) is 5.31. The lowest BCUT2D eigenvalue weighted by Crippen LogP contribution is -2.31. The van der Waals surface area contributed by atoms with Gasteiger partial charge in [0.15, 0.2) is 11.2 Å². The second-order valence-corrected chi connectivity index (χ2v) is 4.80. The molecule has 0 aliphatic heterocycles. The van der Waals surface area contributed by atoms with E-state index in [2.05, 4.69) is 4.72 Å². The maximum absolute atomic E-state index is 11.5. The minimum absolute atomic E-state index is 0.582. The Balaban J connectivity index is 2.58. The summed E-state index contributed by atoms with van der Waals surface area (Å²) in [5.74, 6) is 0. The van der Waals surface area contributed by atoms with Gasteiger partial charge in [-0.25, -0.2) is 13.2 Å². The second-order valence-electron chi connectivity index (χ2n) is 3.39. The van der Waals surface area contributed by atoms with E-state index in [4.69, 9.17) is 0 Å². The average Bonchev–Trinajstić information content (AvgIpc) is 2.30. The Morgan fingerprint density at radius 1 is 1.38 bits per heavy atom. The van der Waals surface area contributed by atoms with E-state index in [0.29, 0.717) is 18.7 Å². The summed E-state index contributed by atoms with van der Waals surface area (Å²) in [5, 5.41) is 0. The Morgan fingerprint density at radius 3 is 2.50 bits per heavy atom. The number of benzene rings is 1. The largest absolute Gasteiger partial charge is 0.298 e. The number of hydrogen-bond donors (Lipinski definition) is 1. The number of carbonyl (C=O) groups is 1. The zero-order valence-electron chi connectivity index (χ0n) is 9.47. The van der Waals surface area contributed by atoms with Crippen LogP contribution in [-0.4, -0.2) is 28.4 Å². The minimum atomic E-state index is -1.16. The van der Waals surface area contributed by atoms with Gasteiger partial charge in [-0.15, -0.1) is 0 Å². The molecule has 16 heavy (non-hydrogen) atoms. The van der Waals surface area contributed by atoms with Gasteiger partial charge in [0.05, 0.1) is 0 Å². The van der Waals surface area contributed by atoms with Crippen LogP contribution in [0.1, 0.15) is 22.8 Å². The van der Waals surface area contributed by atoms with E-state index in [9.17, 15) is 9.00 Å². The molecule has 4 nitrogen and oxygen atoms in total. The highest BCUT2D eigenvalue weighted by Crippen LogP contribution is 2.06. The molecule has 0 aromatic heterocycles. The van der Waals surface area contributed by atoms with Gasteiger partial charge in [-0.05, 0) is 5.56 Å². The summed E-state index contributed by atoms with van der Waals surface area (Å²) in [5.41, 5.74) is 1.68. The summed E-state index contributed by atoms with van der Waals surface area (Å²) in [4.78, 5) is 10.5. The first-order chi connectivity index (χ1) is 7.67. The number of nitrogens with zero attached hydrogens (tertiary/aromatic N) is 1. The molecule has 1 aromatic rings. The van der Waals surface area contributed by atoms with Crippen LogP contribution >= 0.6 is 0 Å². The highest BCUT2D eigenvalue weighted by Gasteiger charge is 2.06. The Labute approximate surface area is 98.4 Å². The monoisotopic (exact) mass is 240 g/mol. The highest BCUT2D eigenvalue weighted by atomic mass is 32.2. The van der Waals surface area contributed by atoms with Crippen molar-refractivity contribution in [1.82, 2.24) is 9.03 Å². The van der Waals surface area contributed by atoms with Crippen LogP contribution in [0, 0.1) is 0 Å². The van der Waals surface area contributed by atoms with Crippen molar-refractivity contribution in [3.8, 4) is 0 Å². The number of nitrogens with one attached hydrogen (secondary N) is 1. The smallest absolute Gasteiger partial charge is 0.169 e. The summed E-state index contributed by atoms with van der Waals surface area (Å²) in [6, 6.07) is 7.24. The van der Waals surface area contributed by atoms with Crippen molar-refractivity contribution in [1.29, 1.82) is 0 Å². The van der Waals surface area contributed by atoms with Crippen LogP contribution < -0.4 is 4.72 Å². The zero-order valence-corrected chi connectivity index (χ0v) is 10.3. The van der Waals surface area contributed by atoms with Crippen LogP contribution in [0.5, 0.6) is 0 Å². The topological polar surface area (TPSA) is 49.4 Å². The summed E-state index contributed by atoms with van der Waals surface area (Å²) in [6.45, 7) is 3.16. The average molecular weight is 240 g/mol. The molecule has 0 saturated heterocycles. The van der Waals surface area contributed by atoms with Gasteiger partial charge in [0.2, 0.25) is 0 Å². The lowest BCUT2D eigenvalue weighted by Gasteiger charge is -2.15. The molecule has 1 aromatic carbocycles. The molecule has 0 amide bonds. The van der Waals surface area contributed by atoms with E-state index in [1.165, 1.54) is 0 Å². The maximum Gasteiger partial charge on any atom is 0.169 e. The molecule has 0 aliphatic rings. The fourth-order valence-electron chi connectivity index (χ4n) is 1.25. The molecule has 1 N–H and O–H groups in total. The number of rotatable bonds is 6. The molecule has 0 heterocycles. The molecule has 1 unspecified atom stereocenters. The van der Waals surface area contributed by atoms with Gasteiger partial charge in [-0.3, -0.25) is 4.79 Å². The molecule has 0 bridgehead atoms. The van der Waals surface area contributed by atoms with Gasteiger partial charge in [0, 0.05) is 25.7 Å². The number of hydrogen-bond acceptors (Lipinski definition) is 2. The predicted molar refractivity (Wildman–Crippen MR) is 65.1 cm³/mol. The third kappa shape index (κ3) is 3.84. The SMILES string of the molecule is CCNS(=O)N(C)Cc1ccc(C=O)cc1. The Morgan fingerprint density at radius 2 is 2.00 bits per heavy atom. The first-order valence-corrected chi connectivity index (χ1v) is 6.18. The summed E-state index contributed by atoms with van der Waals surface area (Å²) < 4.78 is 16.1. The zero-order chi connectivity index (χ0) is 12.0. The molecule has 0 radical (unpaired) electrons. The molecule has 0 saturated carbocycles. The van der Waals surface area contributed by atoms with E-state index in [0.717, 1.165) is 11.8 Å². The van der Waals surface area contributed by atoms with Crippen molar-refractivity contribution in [2.75, 3.05) is 13.6 Å². The molecule has 1 rings (SSSR count). The molecule has 1 atom stereocenters. The van der Waals surface area contributed by atoms with Crippen LogP contribution in [0.3, 0.4) is 0 Å². The summed E-state index contributed by atoms with van der Waals surface area (Å²) in [6.07, 6.45) is 0.810. The van der Waals surface area contributed by atoms with E-state index in [1.54, 1.807) is 23.5 Å². The molecule has 88 valence electrons. The molecule has 0 fully saturated rings. The summed E-state index contributed by atoms with van der Waals surface area (Å²) >= 11 is -1.16. The number of aldehydes is 1. The standard InChI is InChI=1S/C11H16N2O2S/c1-3-12-16(15)13(2)8-10-4-6-11(9-14)7-5-10/h4-7,9,12H,3,8H2,1-2H3. The van der Waals surface area contributed by atoms with Gasteiger partial charge >= 0.3 is 0 Å². The predicted octanol–water partition coefficient (Wildman–Crippen LogP) is 1.12. The molecule has 0 spiro atoms. The van der Waals surface area contributed by atoms with Gasteiger partial charge in [-0.2, -0.15) is 0 Å². The van der Waals surface area contributed by atoms with Crippen LogP contribution in [0.25, 0.3) is 0 Å². The summed E-state index contributed by atoms with van der Waals surface area (Å²) in [7, 11) is 1.78. The van der Waals surface area contributed by atoms with Crippen LogP contribution in [0.2, 0.25) is 0 Å². The fraction of sp³-hybridized carbons (Fsp3) is 0.364. The van der Waals surface area contributed by atoms with E-state index >= 15 is 0 Å². The van der Waals surface area contributed by atoms with Crippen LogP contribution in [0.4, 0.5) is 0 Å². The molecular formula is C11H16N2O2S. The van der Waals surface area contributed by atoms with E-state index in [1.807, 2.05) is 19.1 Å². The normalized spacial score (nSPS) is 12.7. The lowest BCUT2D eigenvalue weighted by atomic mass is 10.1. The van der Waals surface area contributed by atoms with E-state index in [-0.39, 0.29) is 0 Å². The van der Waals surface area contributed by atoms with Crippen LogP contribution in [0.15, 0.2) is 24.3 Å². The van der Waals surface area contributed by atoms with Gasteiger partial charge in [0.25, 0.3) is 0 Å². The van der Waals surface area contributed by atoms with Crippen molar-refractivity contribution >= 4 is 17.5 Å². The molecule has 0 aliphatic carbocycles. The quantitative estimate of drug-likeness (QED) is 0.757. The molecular weight excluding hydrogens is 224 g/mol. The third-order valence-electron chi connectivity index (χ3n) is 2.07. The third-order valence-corrected chi connectivity index (χ3v) is 3.30. The highest BCUT2D eigenvalue weighted by molar-refractivity contribution is 7.80. The Hall–Kier alpha value is -1.04.